The number of rotatable bonds is 11. The molecule has 1 aromatic rings. The van der Waals surface area contributed by atoms with Crippen molar-refractivity contribution in [2.45, 2.75) is 45.7 Å². The fourth-order valence-corrected chi connectivity index (χ4v) is 3.93. The van der Waals surface area contributed by atoms with Crippen molar-refractivity contribution >= 4 is 5.91 Å². The number of nitrogens with one attached hydrogen (secondary N) is 1. The molecule has 0 aliphatic carbocycles. The van der Waals surface area contributed by atoms with E-state index in [1.165, 1.54) is 6.08 Å². The van der Waals surface area contributed by atoms with Crippen molar-refractivity contribution in [2.24, 2.45) is 5.73 Å². The van der Waals surface area contributed by atoms with Gasteiger partial charge in [-0.05, 0) is 39.3 Å². The first-order valence-corrected chi connectivity index (χ1v) is 9.12. The molecule has 4 nitrogen and oxygen atoms in total. The molecule has 134 valence electrons. The summed E-state index contributed by atoms with van der Waals surface area (Å²) in [4.78, 5) is 12.4. The van der Waals surface area contributed by atoms with Crippen LogP contribution in [0.15, 0.2) is 43.0 Å². The van der Waals surface area contributed by atoms with E-state index in [1.54, 1.807) is 0 Å². The second kappa shape index (κ2) is 9.60. The highest BCUT2D eigenvalue weighted by Crippen LogP contribution is 2.38. The topological polar surface area (TPSA) is 55.1 Å². The number of hydrogen-bond donors (Lipinski definition) is 2. The summed E-state index contributed by atoms with van der Waals surface area (Å²) in [7, 11) is 0. The molecule has 1 rings (SSSR count). The third-order valence-corrected chi connectivity index (χ3v) is 5.18. The summed E-state index contributed by atoms with van der Waals surface area (Å²) < 4.78 is 0.813. The normalized spacial score (nSPS) is 14.0. The van der Waals surface area contributed by atoms with Gasteiger partial charge in [0.05, 0.1) is 19.6 Å². The number of nitrogens with two attached hydrogens (primary N) is 1. The first-order chi connectivity index (χ1) is 11.6. The zero-order chi connectivity index (χ0) is 18.1. The Balaban J connectivity index is 3.59. The Morgan fingerprint density at radius 3 is 2.33 bits per heavy atom. The summed E-state index contributed by atoms with van der Waals surface area (Å²) in [5.74, 6) is -0.128. The van der Waals surface area contributed by atoms with Gasteiger partial charge in [0.2, 0.25) is 11.6 Å². The van der Waals surface area contributed by atoms with Crippen molar-refractivity contribution in [3.05, 3.63) is 48.6 Å². The maximum atomic E-state index is 12.4. The molecule has 1 amide bonds. The molecule has 1 aromatic carbocycles. The molecule has 0 aliphatic rings. The van der Waals surface area contributed by atoms with Gasteiger partial charge < -0.3 is 5.73 Å². The zero-order valence-electron chi connectivity index (χ0n) is 15.6. The monoisotopic (exact) mass is 332 g/mol. The SMILES string of the molecule is C=CC(=O)NC(CCCN)(c1ccccc1)[N+](CC)(CC)CCC. The molecule has 3 N–H and O–H groups in total. The van der Waals surface area contributed by atoms with Crippen LogP contribution in [0, 0.1) is 0 Å². The molecule has 0 saturated carbocycles. The van der Waals surface area contributed by atoms with Gasteiger partial charge in [0.15, 0.2) is 0 Å². The molecular weight excluding hydrogens is 298 g/mol. The summed E-state index contributed by atoms with van der Waals surface area (Å²) in [5, 5.41) is 3.32. The highest BCUT2D eigenvalue weighted by atomic mass is 16.1. The second-order valence-electron chi connectivity index (χ2n) is 6.31. The fraction of sp³-hybridized carbons (Fsp3) is 0.550. The Labute approximate surface area is 147 Å². The smallest absolute Gasteiger partial charge is 0.248 e. The van der Waals surface area contributed by atoms with Crippen molar-refractivity contribution in [3.63, 3.8) is 0 Å². The summed E-state index contributed by atoms with van der Waals surface area (Å²) in [6, 6.07) is 10.3. The van der Waals surface area contributed by atoms with E-state index in [2.05, 4.69) is 44.8 Å². The Bertz CT molecular complexity index is 511. The lowest BCUT2D eigenvalue weighted by Gasteiger charge is -2.53. The summed E-state index contributed by atoms with van der Waals surface area (Å²) in [6.45, 7) is 13.8. The molecule has 1 unspecified atom stereocenters. The van der Waals surface area contributed by atoms with Crippen LogP contribution in [-0.2, 0) is 10.5 Å². The minimum absolute atomic E-state index is 0.128. The van der Waals surface area contributed by atoms with Crippen molar-refractivity contribution in [3.8, 4) is 0 Å². The maximum Gasteiger partial charge on any atom is 0.248 e. The highest BCUT2D eigenvalue weighted by molar-refractivity contribution is 5.87. The van der Waals surface area contributed by atoms with Crippen LogP contribution in [0.25, 0.3) is 0 Å². The Hall–Kier alpha value is -1.65. The van der Waals surface area contributed by atoms with E-state index < -0.39 is 5.66 Å². The van der Waals surface area contributed by atoms with Gasteiger partial charge in [0.25, 0.3) is 0 Å². The number of benzene rings is 1. The Morgan fingerprint density at radius 2 is 1.88 bits per heavy atom. The predicted molar refractivity (Wildman–Crippen MR) is 101 cm³/mol. The molecule has 4 heteroatoms. The number of nitrogens with zero attached hydrogens (tertiary/aromatic N) is 1. The third kappa shape index (κ3) is 4.05. The lowest BCUT2D eigenvalue weighted by molar-refractivity contribution is -0.984. The molecule has 1 atom stereocenters. The van der Waals surface area contributed by atoms with Crippen LogP contribution in [0.5, 0.6) is 0 Å². The van der Waals surface area contributed by atoms with Gasteiger partial charge in [-0.25, -0.2) is 0 Å². The fourth-order valence-electron chi connectivity index (χ4n) is 3.93. The van der Waals surface area contributed by atoms with Crippen molar-refractivity contribution < 1.29 is 9.28 Å². The predicted octanol–water partition coefficient (Wildman–Crippen LogP) is 3.15. The van der Waals surface area contributed by atoms with Crippen LogP contribution in [0.1, 0.15) is 45.6 Å². The maximum absolute atomic E-state index is 12.4. The van der Waals surface area contributed by atoms with Crippen LogP contribution < -0.4 is 11.1 Å². The summed E-state index contributed by atoms with van der Waals surface area (Å²) in [6.07, 6.45) is 4.10. The van der Waals surface area contributed by atoms with E-state index in [1.807, 2.05) is 18.2 Å². The molecule has 0 aromatic heterocycles. The van der Waals surface area contributed by atoms with Gasteiger partial charge in [0, 0.05) is 12.0 Å². The lowest BCUT2D eigenvalue weighted by Crippen LogP contribution is -2.69. The third-order valence-electron chi connectivity index (χ3n) is 5.18. The van der Waals surface area contributed by atoms with Crippen LogP contribution in [0.4, 0.5) is 0 Å². The number of carbonyl (C=O) groups excluding carboxylic acids is 1. The van der Waals surface area contributed by atoms with Gasteiger partial charge in [-0.3, -0.25) is 14.6 Å². The van der Waals surface area contributed by atoms with E-state index in [9.17, 15) is 4.79 Å². The van der Waals surface area contributed by atoms with Gasteiger partial charge in [-0.15, -0.1) is 0 Å². The number of quaternary nitrogens is 1. The minimum Gasteiger partial charge on any atom is -0.330 e. The molecule has 0 saturated heterocycles. The molecule has 24 heavy (non-hydrogen) atoms. The van der Waals surface area contributed by atoms with Crippen LogP contribution in [0.3, 0.4) is 0 Å². The average molecular weight is 333 g/mol. The number of amides is 1. The molecular formula is C20H34N3O+. The van der Waals surface area contributed by atoms with Crippen molar-refractivity contribution in [2.75, 3.05) is 26.2 Å². The minimum atomic E-state index is -0.481. The molecule has 0 radical (unpaired) electrons. The van der Waals surface area contributed by atoms with E-state index >= 15 is 0 Å². The van der Waals surface area contributed by atoms with Crippen molar-refractivity contribution in [1.82, 2.24) is 5.32 Å². The molecule has 0 aliphatic heterocycles. The number of hydrogen-bond acceptors (Lipinski definition) is 2. The molecule has 0 heterocycles. The van der Waals surface area contributed by atoms with Crippen LogP contribution >= 0.6 is 0 Å². The highest BCUT2D eigenvalue weighted by Gasteiger charge is 2.50. The lowest BCUT2D eigenvalue weighted by atomic mass is 9.88. The zero-order valence-corrected chi connectivity index (χ0v) is 15.6. The van der Waals surface area contributed by atoms with Gasteiger partial charge >= 0.3 is 0 Å². The molecule has 0 fully saturated rings. The largest absolute Gasteiger partial charge is 0.330 e. The average Bonchev–Trinajstić information content (AvgIpc) is 2.63. The van der Waals surface area contributed by atoms with E-state index in [0.717, 1.165) is 48.9 Å². The Morgan fingerprint density at radius 1 is 1.25 bits per heavy atom. The quantitative estimate of drug-likeness (QED) is 0.371. The van der Waals surface area contributed by atoms with E-state index in [4.69, 9.17) is 5.73 Å². The van der Waals surface area contributed by atoms with Crippen LogP contribution in [-0.4, -0.2) is 36.6 Å². The van der Waals surface area contributed by atoms with Gasteiger partial charge in [-0.1, -0.05) is 43.8 Å². The van der Waals surface area contributed by atoms with Crippen molar-refractivity contribution in [1.29, 1.82) is 0 Å². The van der Waals surface area contributed by atoms with E-state index in [0.29, 0.717) is 6.54 Å². The van der Waals surface area contributed by atoms with E-state index in [-0.39, 0.29) is 5.91 Å². The first kappa shape index (κ1) is 20.4. The molecule has 0 bridgehead atoms. The standard InChI is InChI=1S/C20H33N3O/c1-5-17-23(7-3,8-4)20(15-12-16-21,22-19(24)6-2)18-13-10-9-11-14-18/h6,9-11,13-14H,2,5,7-8,12,15-17,21H2,1,3-4H3/p+1. The first-order valence-electron chi connectivity index (χ1n) is 9.12. The van der Waals surface area contributed by atoms with Crippen LogP contribution in [0.2, 0.25) is 0 Å². The second-order valence-corrected chi connectivity index (χ2v) is 6.31. The Kier molecular flexibility index (Phi) is 8.16. The summed E-state index contributed by atoms with van der Waals surface area (Å²) >= 11 is 0. The molecule has 0 spiro atoms. The number of carbonyl (C=O) groups is 1. The summed E-state index contributed by atoms with van der Waals surface area (Å²) in [5.41, 5.74) is 6.50. The van der Waals surface area contributed by atoms with Gasteiger partial charge in [-0.2, -0.15) is 0 Å². The van der Waals surface area contributed by atoms with Gasteiger partial charge in [0.1, 0.15) is 0 Å².